The molecule has 0 spiro atoms. The first-order valence-corrected chi connectivity index (χ1v) is 20.7. The highest BCUT2D eigenvalue weighted by Gasteiger charge is 2.34. The average Bonchev–Trinajstić information content (AvgIpc) is 3.66. The van der Waals surface area contributed by atoms with Crippen molar-refractivity contribution >= 4 is 54.8 Å². The number of halogens is 2. The Hall–Kier alpha value is -4.16. The van der Waals surface area contributed by atoms with E-state index in [1.165, 1.54) is 19.3 Å². The lowest BCUT2D eigenvalue weighted by Crippen LogP contribution is -2.29. The molecule has 0 unspecified atom stereocenters. The number of hydrogen-bond donors (Lipinski definition) is 1. The number of carbonyl (C=O) groups is 1. The molecule has 1 aliphatic heterocycles. The molecule has 4 aromatic carbocycles. The molecule has 51 heavy (non-hydrogen) atoms. The van der Waals surface area contributed by atoms with E-state index in [0.29, 0.717) is 62.2 Å². The van der Waals surface area contributed by atoms with Crippen molar-refractivity contribution in [2.75, 3.05) is 16.6 Å². The molecule has 2 aliphatic rings. The van der Waals surface area contributed by atoms with Crippen molar-refractivity contribution < 1.29 is 21.6 Å². The fourth-order valence-electron chi connectivity index (χ4n) is 6.85. The van der Waals surface area contributed by atoms with Crippen LogP contribution in [0, 0.1) is 5.92 Å². The molecule has 1 amide bonds. The lowest BCUT2D eigenvalue weighted by Gasteiger charge is -2.21. The highest BCUT2D eigenvalue weighted by Crippen LogP contribution is 2.33. The number of amides is 1. The van der Waals surface area contributed by atoms with E-state index in [0.717, 1.165) is 33.8 Å². The minimum atomic E-state index is -3.99. The largest absolute Gasteiger partial charge is 0.326 e. The third-order valence-corrected chi connectivity index (χ3v) is 13.3. The predicted molar refractivity (Wildman–Crippen MR) is 201 cm³/mol. The van der Waals surface area contributed by atoms with Crippen molar-refractivity contribution in [3.05, 3.63) is 119 Å². The van der Waals surface area contributed by atoms with Crippen LogP contribution in [0.4, 0.5) is 5.69 Å². The molecule has 1 aromatic heterocycles. The SMILES string of the molecule is O=C1CN(c2cccc(-n3cc(-c4ccc(Cl)cc4Cl)nc3Cc3ccc(-c4cccc(S(=O)(=O)CCC5CCCCC5)c4)cc3)c2)S(=O)(=O)N1. The van der Waals surface area contributed by atoms with Crippen molar-refractivity contribution in [3.63, 3.8) is 0 Å². The monoisotopic (exact) mass is 762 g/mol. The first kappa shape index (κ1) is 35.3. The summed E-state index contributed by atoms with van der Waals surface area (Å²) >= 11 is 12.7. The Kier molecular flexibility index (Phi) is 9.99. The highest BCUT2D eigenvalue weighted by molar-refractivity contribution is 7.92. The number of nitrogens with one attached hydrogen (secondary N) is 1. The minimum absolute atomic E-state index is 0.168. The van der Waals surface area contributed by atoms with Gasteiger partial charge in [0.05, 0.1) is 27.1 Å². The van der Waals surface area contributed by atoms with Crippen LogP contribution in [0.1, 0.15) is 49.9 Å². The van der Waals surface area contributed by atoms with E-state index in [2.05, 4.69) is 0 Å². The summed E-state index contributed by atoms with van der Waals surface area (Å²) in [5.74, 6) is 0.717. The van der Waals surface area contributed by atoms with E-state index in [1.54, 1.807) is 54.6 Å². The Labute approximate surface area is 308 Å². The summed E-state index contributed by atoms with van der Waals surface area (Å²) < 4.78 is 56.6. The van der Waals surface area contributed by atoms with Crippen molar-refractivity contribution in [3.8, 4) is 28.1 Å². The van der Waals surface area contributed by atoms with Gasteiger partial charge in [0.1, 0.15) is 12.4 Å². The van der Waals surface area contributed by atoms with Crippen molar-refractivity contribution in [2.24, 2.45) is 5.92 Å². The lowest BCUT2D eigenvalue weighted by molar-refractivity contribution is -0.117. The molecule has 7 rings (SSSR count). The standard InChI is InChI=1S/C38H36Cl2N4O5S2/c39-30-16-17-34(35(40)22-30)36-24-43(31-9-5-10-32(23-31)44-25-38(45)42-51(44,48)49)37(41-36)20-27-12-14-28(15-13-27)29-8-4-11-33(21-29)50(46,47)19-18-26-6-2-1-3-7-26/h4-5,8-17,21-24,26H,1-3,6-7,18-20,25H2,(H,42,45). The number of hydrogen-bond acceptors (Lipinski definition) is 6. The van der Waals surface area contributed by atoms with Gasteiger partial charge in [0.15, 0.2) is 9.84 Å². The normalized spacial score (nSPS) is 16.4. The molecule has 1 N–H and O–H groups in total. The predicted octanol–water partition coefficient (Wildman–Crippen LogP) is 8.03. The van der Waals surface area contributed by atoms with E-state index in [1.807, 2.05) is 51.9 Å². The van der Waals surface area contributed by atoms with Crippen molar-refractivity contribution in [2.45, 2.75) is 49.8 Å². The zero-order valence-electron chi connectivity index (χ0n) is 27.6. The summed E-state index contributed by atoms with van der Waals surface area (Å²) in [4.78, 5) is 17.2. The van der Waals surface area contributed by atoms with E-state index < -0.39 is 26.0 Å². The summed E-state index contributed by atoms with van der Waals surface area (Å²) in [7, 11) is -7.39. The molecular formula is C38H36Cl2N4O5S2. The highest BCUT2D eigenvalue weighted by atomic mass is 35.5. The van der Waals surface area contributed by atoms with Gasteiger partial charge in [-0.05, 0) is 77.6 Å². The van der Waals surface area contributed by atoms with Crippen LogP contribution < -0.4 is 9.03 Å². The molecule has 264 valence electrons. The number of rotatable bonds is 10. The second kappa shape index (κ2) is 14.5. The maximum atomic E-state index is 13.3. The third-order valence-electron chi connectivity index (χ3n) is 9.56. The second-order valence-electron chi connectivity index (χ2n) is 13.1. The molecule has 1 saturated carbocycles. The fourth-order valence-corrected chi connectivity index (χ4v) is 9.97. The Bertz CT molecular complexity index is 2320. The van der Waals surface area contributed by atoms with Crippen LogP contribution in [0.5, 0.6) is 0 Å². The van der Waals surface area contributed by atoms with Gasteiger partial charge in [-0.3, -0.25) is 4.79 Å². The lowest BCUT2D eigenvalue weighted by atomic mass is 9.88. The summed E-state index contributed by atoms with van der Waals surface area (Å²) in [6.45, 7) is -0.310. The Morgan fingerprint density at radius 1 is 0.843 bits per heavy atom. The number of imidazole rings is 1. The molecule has 9 nitrogen and oxygen atoms in total. The number of benzene rings is 4. The topological polar surface area (TPSA) is 118 Å². The molecule has 0 bridgehead atoms. The molecule has 0 radical (unpaired) electrons. The van der Waals surface area contributed by atoms with E-state index in [9.17, 15) is 21.6 Å². The van der Waals surface area contributed by atoms with Crippen LogP contribution in [0.3, 0.4) is 0 Å². The zero-order valence-corrected chi connectivity index (χ0v) is 30.8. The average molecular weight is 764 g/mol. The molecule has 13 heteroatoms. The van der Waals surface area contributed by atoms with Gasteiger partial charge >= 0.3 is 10.2 Å². The van der Waals surface area contributed by atoms with Crippen molar-refractivity contribution in [1.29, 1.82) is 0 Å². The first-order chi connectivity index (χ1) is 24.4. The Morgan fingerprint density at radius 3 is 2.31 bits per heavy atom. The number of nitrogens with zero attached hydrogens (tertiary/aromatic N) is 3. The van der Waals surface area contributed by atoms with Crippen LogP contribution in [0.15, 0.2) is 102 Å². The van der Waals surface area contributed by atoms with Gasteiger partial charge in [-0.15, -0.1) is 0 Å². The van der Waals surface area contributed by atoms with E-state index in [4.69, 9.17) is 28.2 Å². The fraction of sp³-hybridized carbons (Fsp3) is 0.263. The van der Waals surface area contributed by atoms with Gasteiger partial charge in [-0.2, -0.15) is 8.42 Å². The summed E-state index contributed by atoms with van der Waals surface area (Å²) in [5.41, 5.74) is 4.91. The quantitative estimate of drug-likeness (QED) is 0.154. The molecule has 2 heterocycles. The summed E-state index contributed by atoms with van der Waals surface area (Å²) in [6.07, 6.45) is 8.82. The number of sulfone groups is 1. The molecule has 1 saturated heterocycles. The van der Waals surface area contributed by atoms with E-state index in [-0.39, 0.29) is 12.3 Å². The Morgan fingerprint density at radius 2 is 1.59 bits per heavy atom. The van der Waals surface area contributed by atoms with Gasteiger partial charge in [0.25, 0.3) is 5.91 Å². The Balaban J connectivity index is 1.17. The number of anilines is 1. The smallest absolute Gasteiger partial charge is 0.303 e. The maximum absolute atomic E-state index is 13.3. The maximum Gasteiger partial charge on any atom is 0.326 e. The molecule has 0 atom stereocenters. The van der Waals surface area contributed by atoms with Crippen molar-refractivity contribution in [1.82, 2.24) is 14.3 Å². The molecular weight excluding hydrogens is 727 g/mol. The van der Waals surface area contributed by atoms with Gasteiger partial charge < -0.3 is 4.57 Å². The third kappa shape index (κ3) is 7.86. The first-order valence-electron chi connectivity index (χ1n) is 16.8. The van der Waals surface area contributed by atoms with Crippen LogP contribution in [-0.2, 0) is 31.3 Å². The van der Waals surface area contributed by atoms with Crippen LogP contribution in [0.2, 0.25) is 10.0 Å². The number of carbonyl (C=O) groups excluding carboxylic acids is 1. The van der Waals surface area contributed by atoms with Crippen LogP contribution >= 0.6 is 23.2 Å². The minimum Gasteiger partial charge on any atom is -0.303 e. The summed E-state index contributed by atoms with van der Waals surface area (Å²) in [5, 5.41) is 0.927. The van der Waals surface area contributed by atoms with Crippen LogP contribution in [0.25, 0.3) is 28.1 Å². The van der Waals surface area contributed by atoms with E-state index >= 15 is 0 Å². The molecule has 2 fully saturated rings. The zero-order chi connectivity index (χ0) is 35.8. The van der Waals surface area contributed by atoms with Crippen LogP contribution in [-0.4, -0.2) is 44.6 Å². The van der Waals surface area contributed by atoms with Gasteiger partial charge in [-0.25, -0.2) is 22.4 Å². The second-order valence-corrected chi connectivity index (χ2v) is 17.7. The molecule has 5 aromatic rings. The van der Waals surface area contributed by atoms with Gasteiger partial charge in [0.2, 0.25) is 0 Å². The van der Waals surface area contributed by atoms with Gasteiger partial charge in [-0.1, -0.05) is 97.8 Å². The molecule has 1 aliphatic carbocycles. The summed E-state index contributed by atoms with van der Waals surface area (Å²) in [6, 6.07) is 27.1. The van der Waals surface area contributed by atoms with Gasteiger partial charge in [0, 0.05) is 28.9 Å². The number of aromatic nitrogens is 2.